The van der Waals surface area contributed by atoms with Crippen LogP contribution >= 0.6 is 0 Å². The maximum atomic E-state index is 11.9. The van der Waals surface area contributed by atoms with Crippen LogP contribution in [-0.4, -0.2) is 45.3 Å². The van der Waals surface area contributed by atoms with Gasteiger partial charge < -0.3 is 15.7 Å². The average Bonchev–Trinajstić information content (AvgIpc) is 2.62. The molecule has 1 aromatic rings. The number of amides is 1. The Morgan fingerprint density at radius 1 is 1.73 bits per heavy atom. The van der Waals surface area contributed by atoms with E-state index in [1.807, 2.05) is 0 Å². The number of nitrogens with zero attached hydrogens (tertiary/aromatic N) is 2. The molecule has 0 unspecified atom stereocenters. The van der Waals surface area contributed by atoms with Gasteiger partial charge in [0.15, 0.2) is 0 Å². The van der Waals surface area contributed by atoms with Gasteiger partial charge in [0.05, 0.1) is 12.1 Å². The molecule has 0 saturated carbocycles. The molecule has 0 saturated heterocycles. The van der Waals surface area contributed by atoms with Gasteiger partial charge in [-0.25, -0.2) is 0 Å². The van der Waals surface area contributed by atoms with Crippen LogP contribution in [0.5, 0.6) is 0 Å². The summed E-state index contributed by atoms with van der Waals surface area (Å²) < 4.78 is 0. The fraction of sp³-hybridized carbons (Fsp3) is 0.556. The summed E-state index contributed by atoms with van der Waals surface area (Å²) in [6.45, 7) is 3.42. The van der Waals surface area contributed by atoms with Crippen molar-refractivity contribution < 1.29 is 9.90 Å². The lowest BCUT2D eigenvalue weighted by Crippen LogP contribution is -2.47. The first-order valence-corrected chi connectivity index (χ1v) is 4.58. The van der Waals surface area contributed by atoms with Gasteiger partial charge in [0.2, 0.25) is 0 Å². The zero-order valence-corrected chi connectivity index (χ0v) is 9.11. The largest absolute Gasteiger partial charge is 0.394 e. The maximum absolute atomic E-state index is 11.9. The molecule has 0 aliphatic rings. The van der Waals surface area contributed by atoms with Crippen molar-refractivity contribution in [2.75, 3.05) is 19.4 Å². The number of rotatable bonds is 3. The maximum Gasteiger partial charge on any atom is 0.272 e. The number of likely N-dealkylation sites (N-methyl/N-ethyl adjacent to an activating group) is 1. The van der Waals surface area contributed by atoms with Crippen molar-refractivity contribution in [3.63, 3.8) is 0 Å². The molecule has 84 valence electrons. The topological polar surface area (TPSA) is 95.2 Å². The number of aromatic nitrogens is 2. The van der Waals surface area contributed by atoms with Crippen LogP contribution in [0.3, 0.4) is 0 Å². The summed E-state index contributed by atoms with van der Waals surface area (Å²) in [6.07, 6.45) is 0. The minimum atomic E-state index is -0.614. The quantitative estimate of drug-likeness (QED) is 0.648. The number of nitrogens with two attached hydrogens (primary N) is 1. The van der Waals surface area contributed by atoms with Crippen molar-refractivity contribution in [2.24, 2.45) is 0 Å². The predicted octanol–water partition coefficient (Wildman–Crippen LogP) is -0.165. The van der Waals surface area contributed by atoms with Crippen LogP contribution in [0.2, 0.25) is 0 Å². The van der Waals surface area contributed by atoms with E-state index >= 15 is 0 Å². The van der Waals surface area contributed by atoms with Gasteiger partial charge in [-0.2, -0.15) is 5.10 Å². The zero-order chi connectivity index (χ0) is 11.6. The third-order valence-corrected chi connectivity index (χ3v) is 2.43. The lowest BCUT2D eigenvalue weighted by Gasteiger charge is -2.33. The van der Waals surface area contributed by atoms with Gasteiger partial charge in [-0.15, -0.1) is 0 Å². The van der Waals surface area contributed by atoms with Crippen molar-refractivity contribution in [3.8, 4) is 0 Å². The minimum Gasteiger partial charge on any atom is -0.394 e. The fourth-order valence-electron chi connectivity index (χ4n) is 1.01. The number of nitrogens with one attached hydrogen (secondary N) is 1. The Morgan fingerprint density at radius 2 is 2.33 bits per heavy atom. The molecule has 0 bridgehead atoms. The first-order chi connectivity index (χ1) is 6.88. The molecule has 1 heterocycles. The van der Waals surface area contributed by atoms with Crippen LogP contribution in [0, 0.1) is 0 Å². The highest BCUT2D eigenvalue weighted by molar-refractivity contribution is 5.93. The Bertz CT molecular complexity index is 359. The molecule has 6 nitrogen and oxygen atoms in total. The van der Waals surface area contributed by atoms with E-state index in [1.54, 1.807) is 20.9 Å². The summed E-state index contributed by atoms with van der Waals surface area (Å²) >= 11 is 0. The highest BCUT2D eigenvalue weighted by atomic mass is 16.3. The fourth-order valence-corrected chi connectivity index (χ4v) is 1.01. The lowest BCUT2D eigenvalue weighted by molar-refractivity contribution is 0.0467. The van der Waals surface area contributed by atoms with Crippen LogP contribution in [0.25, 0.3) is 0 Å². The number of hydrogen-bond donors (Lipinski definition) is 3. The third-order valence-electron chi connectivity index (χ3n) is 2.43. The Balaban J connectivity index is 2.86. The van der Waals surface area contributed by atoms with E-state index in [2.05, 4.69) is 10.2 Å². The van der Waals surface area contributed by atoms with E-state index < -0.39 is 5.54 Å². The number of aromatic amines is 1. The van der Waals surface area contributed by atoms with Crippen molar-refractivity contribution in [1.29, 1.82) is 0 Å². The second kappa shape index (κ2) is 3.90. The number of aliphatic hydroxyl groups excluding tert-OH is 1. The van der Waals surface area contributed by atoms with E-state index in [4.69, 9.17) is 10.8 Å². The molecule has 0 spiro atoms. The smallest absolute Gasteiger partial charge is 0.272 e. The van der Waals surface area contributed by atoms with E-state index in [9.17, 15) is 4.79 Å². The summed E-state index contributed by atoms with van der Waals surface area (Å²) in [7, 11) is 1.62. The zero-order valence-electron chi connectivity index (χ0n) is 9.11. The number of carbonyl (C=O) groups is 1. The molecule has 15 heavy (non-hydrogen) atoms. The molecule has 1 amide bonds. The van der Waals surface area contributed by atoms with Crippen LogP contribution in [0.1, 0.15) is 24.3 Å². The molecule has 6 heteroatoms. The number of carbonyl (C=O) groups excluding carboxylic acids is 1. The van der Waals surface area contributed by atoms with Gasteiger partial charge in [0.25, 0.3) is 5.91 Å². The van der Waals surface area contributed by atoms with E-state index in [0.717, 1.165) is 0 Å². The van der Waals surface area contributed by atoms with Gasteiger partial charge in [0, 0.05) is 13.1 Å². The molecule has 1 aromatic heterocycles. The van der Waals surface area contributed by atoms with Crippen LogP contribution in [0.15, 0.2) is 6.07 Å². The summed E-state index contributed by atoms with van der Waals surface area (Å²) in [5.41, 5.74) is 5.10. The monoisotopic (exact) mass is 212 g/mol. The van der Waals surface area contributed by atoms with Gasteiger partial charge in [-0.05, 0) is 13.8 Å². The highest BCUT2D eigenvalue weighted by Crippen LogP contribution is 2.14. The molecule has 0 atom stereocenters. The van der Waals surface area contributed by atoms with Crippen LogP contribution in [0.4, 0.5) is 5.82 Å². The number of H-pyrrole nitrogens is 1. The second-order valence-corrected chi connectivity index (χ2v) is 4.04. The van der Waals surface area contributed by atoms with Crippen LogP contribution < -0.4 is 5.73 Å². The highest BCUT2D eigenvalue weighted by Gasteiger charge is 2.28. The molecule has 0 aromatic carbocycles. The molecular formula is C9H16N4O2. The van der Waals surface area contributed by atoms with Gasteiger partial charge >= 0.3 is 0 Å². The molecule has 4 N–H and O–H groups in total. The van der Waals surface area contributed by atoms with E-state index in [-0.39, 0.29) is 18.3 Å². The first kappa shape index (κ1) is 11.5. The number of hydrogen-bond acceptors (Lipinski definition) is 4. The normalized spacial score (nSPS) is 11.5. The predicted molar refractivity (Wildman–Crippen MR) is 56.3 cm³/mol. The summed E-state index contributed by atoms with van der Waals surface area (Å²) in [6, 6.07) is 1.46. The van der Waals surface area contributed by atoms with Crippen molar-refractivity contribution >= 4 is 11.7 Å². The molecular weight excluding hydrogens is 196 g/mol. The average molecular weight is 212 g/mol. The standard InChI is InChI=1S/C9H16N4O2/c1-9(2,5-14)13(3)8(15)6-4-7(10)12-11-6/h4,14H,5H2,1-3H3,(H3,10,11,12). The number of aliphatic hydroxyl groups is 1. The van der Waals surface area contributed by atoms with E-state index in [0.29, 0.717) is 5.69 Å². The SMILES string of the molecule is CN(C(=O)c1cc(N)n[nH]1)C(C)(C)CO. The van der Waals surface area contributed by atoms with Crippen molar-refractivity contribution in [3.05, 3.63) is 11.8 Å². The summed E-state index contributed by atoms with van der Waals surface area (Å²) in [4.78, 5) is 13.3. The molecule has 1 rings (SSSR count). The Hall–Kier alpha value is -1.56. The van der Waals surface area contributed by atoms with Crippen LogP contribution in [-0.2, 0) is 0 Å². The second-order valence-electron chi connectivity index (χ2n) is 4.04. The minimum absolute atomic E-state index is 0.112. The molecule has 0 radical (unpaired) electrons. The molecule has 0 fully saturated rings. The van der Waals surface area contributed by atoms with Gasteiger partial charge in [-0.1, -0.05) is 0 Å². The third kappa shape index (κ3) is 2.27. The molecule has 0 aliphatic carbocycles. The van der Waals surface area contributed by atoms with E-state index in [1.165, 1.54) is 11.0 Å². The lowest BCUT2D eigenvalue weighted by atomic mass is 10.0. The van der Waals surface area contributed by atoms with Gasteiger partial charge in [-0.3, -0.25) is 9.89 Å². The van der Waals surface area contributed by atoms with Crippen molar-refractivity contribution in [1.82, 2.24) is 15.1 Å². The number of nitrogen functional groups attached to an aromatic ring is 1. The van der Waals surface area contributed by atoms with Crippen molar-refractivity contribution in [2.45, 2.75) is 19.4 Å². The summed E-state index contributed by atoms with van der Waals surface area (Å²) in [5.74, 6) is 0.0202. The van der Waals surface area contributed by atoms with Gasteiger partial charge in [0.1, 0.15) is 11.5 Å². The Morgan fingerprint density at radius 3 is 2.73 bits per heavy atom. The number of anilines is 1. The Labute approximate surface area is 88.1 Å². The first-order valence-electron chi connectivity index (χ1n) is 4.58. The molecule has 0 aliphatic heterocycles. The summed E-state index contributed by atoms with van der Waals surface area (Å²) in [5, 5.41) is 15.3. The Kier molecular flexibility index (Phi) is 2.99.